The molecule has 1 atom stereocenters. The highest BCUT2D eigenvalue weighted by Crippen LogP contribution is 2.26. The number of carbonyl (C=O) groups is 1. The van der Waals surface area contributed by atoms with Crippen molar-refractivity contribution in [2.75, 3.05) is 19.6 Å². The van der Waals surface area contributed by atoms with Gasteiger partial charge in [0.1, 0.15) is 0 Å². The van der Waals surface area contributed by atoms with Gasteiger partial charge in [-0.25, -0.2) is 9.67 Å². The van der Waals surface area contributed by atoms with Crippen LogP contribution < -0.4 is 10.6 Å². The van der Waals surface area contributed by atoms with Crippen LogP contribution in [0.25, 0.3) is 5.69 Å². The summed E-state index contributed by atoms with van der Waals surface area (Å²) in [5.41, 5.74) is 2.10. The Morgan fingerprint density at radius 2 is 1.94 bits per heavy atom. The van der Waals surface area contributed by atoms with Crippen LogP contribution in [0.5, 0.6) is 0 Å². The molecule has 2 aliphatic rings. The fraction of sp³-hybridized carbons (Fsp3) is 0.542. The van der Waals surface area contributed by atoms with E-state index >= 15 is 0 Å². The van der Waals surface area contributed by atoms with E-state index in [4.69, 9.17) is 4.99 Å². The Labute approximate surface area is 208 Å². The predicted octanol–water partition coefficient (Wildman–Crippen LogP) is 3.73. The number of carbonyl (C=O) groups excluding carboxylic acids is 1. The highest BCUT2D eigenvalue weighted by molar-refractivity contribution is 14.0. The van der Waals surface area contributed by atoms with Crippen LogP contribution in [0.1, 0.15) is 51.0 Å². The Kier molecular flexibility index (Phi) is 9.37. The van der Waals surface area contributed by atoms with Crippen molar-refractivity contribution in [2.45, 2.75) is 58.0 Å². The molecule has 2 heterocycles. The normalized spacial score (nSPS) is 19.5. The summed E-state index contributed by atoms with van der Waals surface area (Å²) in [6, 6.07) is 10.3. The third-order valence-electron chi connectivity index (χ3n) is 6.22. The molecule has 1 unspecified atom stereocenters. The van der Waals surface area contributed by atoms with E-state index < -0.39 is 0 Å². The van der Waals surface area contributed by atoms with Gasteiger partial charge in [0.2, 0.25) is 5.91 Å². The number of rotatable bonds is 6. The molecule has 1 saturated carbocycles. The third-order valence-corrected chi connectivity index (χ3v) is 6.22. The Hall–Kier alpha value is -2.10. The standard InChI is InChI=1S/C24H34N6O.HI/c1-2-25-24(26-15-19-16-27-30(17-19)22-11-7-4-8-12-22)28-21-13-14-29(18-21)23(31)20-9-5-3-6-10-20;/h4,7-8,11-12,16-17,20-21H,2-3,5-6,9-10,13-15,18H2,1H3,(H2,25,26,28);1H. The second-order valence-electron chi connectivity index (χ2n) is 8.57. The number of hydrogen-bond donors (Lipinski definition) is 2. The molecule has 174 valence electrons. The van der Waals surface area contributed by atoms with Gasteiger partial charge in [-0.15, -0.1) is 24.0 Å². The number of nitrogens with one attached hydrogen (secondary N) is 2. The number of para-hydroxylation sites is 1. The number of halogens is 1. The highest BCUT2D eigenvalue weighted by Gasteiger charge is 2.31. The third kappa shape index (κ3) is 6.46. The Balaban J connectivity index is 0.00000289. The fourth-order valence-electron chi connectivity index (χ4n) is 4.53. The Bertz CT molecular complexity index is 878. The predicted molar refractivity (Wildman–Crippen MR) is 138 cm³/mol. The maximum atomic E-state index is 12.8. The highest BCUT2D eigenvalue weighted by atomic mass is 127. The van der Waals surface area contributed by atoms with Crippen molar-refractivity contribution >= 4 is 35.8 Å². The van der Waals surface area contributed by atoms with E-state index in [0.717, 1.165) is 56.1 Å². The molecule has 2 aromatic rings. The topological polar surface area (TPSA) is 74.6 Å². The molecular weight excluding hydrogens is 515 g/mol. The summed E-state index contributed by atoms with van der Waals surface area (Å²) in [6.45, 7) is 5.03. The number of amides is 1. The van der Waals surface area contributed by atoms with Crippen LogP contribution in [-0.4, -0.2) is 52.2 Å². The first-order valence-corrected chi connectivity index (χ1v) is 11.7. The fourth-order valence-corrected chi connectivity index (χ4v) is 4.53. The molecule has 0 bridgehead atoms. The van der Waals surface area contributed by atoms with Crippen LogP contribution in [0.3, 0.4) is 0 Å². The van der Waals surface area contributed by atoms with Crippen LogP contribution in [-0.2, 0) is 11.3 Å². The molecule has 32 heavy (non-hydrogen) atoms. The number of hydrogen-bond acceptors (Lipinski definition) is 3. The van der Waals surface area contributed by atoms with Crippen molar-refractivity contribution in [1.82, 2.24) is 25.3 Å². The van der Waals surface area contributed by atoms with Gasteiger partial charge in [-0.2, -0.15) is 5.10 Å². The van der Waals surface area contributed by atoms with Crippen LogP contribution in [0.15, 0.2) is 47.7 Å². The van der Waals surface area contributed by atoms with Gasteiger partial charge < -0.3 is 15.5 Å². The summed E-state index contributed by atoms with van der Waals surface area (Å²) in [7, 11) is 0. The van der Waals surface area contributed by atoms with E-state index in [1.54, 1.807) is 0 Å². The molecule has 2 fully saturated rings. The van der Waals surface area contributed by atoms with Crippen molar-refractivity contribution < 1.29 is 4.79 Å². The molecule has 1 aromatic heterocycles. The quantitative estimate of drug-likeness (QED) is 0.327. The number of likely N-dealkylation sites (tertiary alicyclic amines) is 1. The van der Waals surface area contributed by atoms with Crippen molar-refractivity contribution in [1.29, 1.82) is 0 Å². The molecule has 1 aromatic carbocycles. The average molecular weight is 550 g/mol. The molecule has 1 amide bonds. The van der Waals surface area contributed by atoms with E-state index in [1.807, 2.05) is 47.4 Å². The lowest BCUT2D eigenvalue weighted by Gasteiger charge is -2.26. The van der Waals surface area contributed by atoms with Gasteiger partial charge in [0.05, 0.1) is 18.4 Å². The first-order chi connectivity index (χ1) is 15.2. The maximum Gasteiger partial charge on any atom is 0.225 e. The minimum atomic E-state index is 0. The van der Waals surface area contributed by atoms with E-state index in [9.17, 15) is 4.79 Å². The second kappa shape index (κ2) is 12.2. The van der Waals surface area contributed by atoms with Crippen molar-refractivity contribution in [3.63, 3.8) is 0 Å². The zero-order valence-corrected chi connectivity index (χ0v) is 21.2. The lowest BCUT2D eigenvalue weighted by molar-refractivity contribution is -0.135. The number of aromatic nitrogens is 2. The molecule has 2 N–H and O–H groups in total. The molecule has 1 aliphatic heterocycles. The number of benzene rings is 1. The zero-order valence-electron chi connectivity index (χ0n) is 18.9. The smallest absolute Gasteiger partial charge is 0.225 e. The molecule has 7 nitrogen and oxygen atoms in total. The first kappa shape index (κ1) is 24.5. The lowest BCUT2D eigenvalue weighted by Crippen LogP contribution is -2.45. The summed E-state index contributed by atoms with van der Waals surface area (Å²) < 4.78 is 1.87. The second-order valence-corrected chi connectivity index (χ2v) is 8.57. The number of guanidine groups is 1. The van der Waals surface area contributed by atoms with Gasteiger partial charge in [-0.1, -0.05) is 37.5 Å². The van der Waals surface area contributed by atoms with Gasteiger partial charge in [-0.3, -0.25) is 4.79 Å². The average Bonchev–Trinajstić information content (AvgIpc) is 3.48. The SMILES string of the molecule is CCNC(=NCc1cnn(-c2ccccc2)c1)NC1CCN(C(=O)C2CCCCC2)C1.I. The van der Waals surface area contributed by atoms with Crippen molar-refractivity contribution in [2.24, 2.45) is 10.9 Å². The minimum absolute atomic E-state index is 0. The monoisotopic (exact) mass is 550 g/mol. The molecular formula is C24H35IN6O. The first-order valence-electron chi connectivity index (χ1n) is 11.7. The molecule has 8 heteroatoms. The molecule has 0 spiro atoms. The summed E-state index contributed by atoms with van der Waals surface area (Å²) >= 11 is 0. The van der Waals surface area contributed by atoms with Gasteiger partial charge in [0.15, 0.2) is 5.96 Å². The summed E-state index contributed by atoms with van der Waals surface area (Å²) in [5.74, 6) is 1.40. The van der Waals surface area contributed by atoms with Crippen LogP contribution >= 0.6 is 24.0 Å². The van der Waals surface area contributed by atoms with Gasteiger partial charge in [0, 0.05) is 43.4 Å². The molecule has 0 radical (unpaired) electrons. The van der Waals surface area contributed by atoms with E-state index in [2.05, 4.69) is 27.6 Å². The van der Waals surface area contributed by atoms with E-state index in [0.29, 0.717) is 12.5 Å². The Morgan fingerprint density at radius 1 is 1.16 bits per heavy atom. The van der Waals surface area contributed by atoms with E-state index in [1.165, 1.54) is 19.3 Å². The summed E-state index contributed by atoms with van der Waals surface area (Å²) in [6.07, 6.45) is 10.6. The molecule has 1 aliphatic carbocycles. The molecule has 1 saturated heterocycles. The van der Waals surface area contributed by atoms with Gasteiger partial charge in [-0.05, 0) is 38.3 Å². The van der Waals surface area contributed by atoms with Crippen LogP contribution in [0.4, 0.5) is 0 Å². The lowest BCUT2D eigenvalue weighted by atomic mass is 9.88. The van der Waals surface area contributed by atoms with Crippen LogP contribution in [0, 0.1) is 5.92 Å². The number of aliphatic imine (C=N–C) groups is 1. The maximum absolute atomic E-state index is 12.8. The minimum Gasteiger partial charge on any atom is -0.357 e. The zero-order chi connectivity index (χ0) is 21.5. The largest absolute Gasteiger partial charge is 0.357 e. The van der Waals surface area contributed by atoms with Gasteiger partial charge >= 0.3 is 0 Å². The summed E-state index contributed by atoms with van der Waals surface area (Å²) in [4.78, 5) is 19.6. The Morgan fingerprint density at radius 3 is 2.69 bits per heavy atom. The van der Waals surface area contributed by atoms with Crippen molar-refractivity contribution in [3.05, 3.63) is 48.3 Å². The van der Waals surface area contributed by atoms with Crippen LogP contribution in [0.2, 0.25) is 0 Å². The van der Waals surface area contributed by atoms with E-state index in [-0.39, 0.29) is 35.9 Å². The molecule has 4 rings (SSSR count). The number of nitrogens with zero attached hydrogens (tertiary/aromatic N) is 4. The summed E-state index contributed by atoms with van der Waals surface area (Å²) in [5, 5.41) is 11.3. The van der Waals surface area contributed by atoms with Gasteiger partial charge in [0.25, 0.3) is 0 Å². The van der Waals surface area contributed by atoms with Crippen molar-refractivity contribution in [3.8, 4) is 5.69 Å².